The minimum Gasteiger partial charge on any atom is -0.369 e. The number of hydrogen-bond donors (Lipinski definition) is 1. The second-order valence-corrected chi connectivity index (χ2v) is 5.51. The molecule has 4 nitrogen and oxygen atoms in total. The Morgan fingerprint density at radius 1 is 1.25 bits per heavy atom. The van der Waals surface area contributed by atoms with Gasteiger partial charge in [-0.15, -0.1) is 0 Å². The number of hydrogen-bond acceptors (Lipinski definition) is 3. The number of rotatable bonds is 4. The molecule has 0 aliphatic carbocycles. The van der Waals surface area contributed by atoms with Gasteiger partial charge in [0.2, 0.25) is 5.91 Å². The van der Waals surface area contributed by atoms with Crippen LogP contribution >= 0.6 is 11.6 Å². The average Bonchev–Trinajstić information content (AvgIpc) is 2.48. The fourth-order valence-corrected chi connectivity index (χ4v) is 2.63. The molecule has 1 heterocycles. The van der Waals surface area contributed by atoms with Crippen LogP contribution in [-0.2, 0) is 4.79 Å². The number of likely N-dealkylation sites (N-methyl/N-ethyl adjacent to an activating group) is 1. The summed E-state index contributed by atoms with van der Waals surface area (Å²) in [6.07, 6.45) is 0. The lowest BCUT2D eigenvalue weighted by Crippen LogP contribution is -2.54. The van der Waals surface area contributed by atoms with E-state index in [0.717, 1.165) is 31.2 Å². The number of anilines is 1. The van der Waals surface area contributed by atoms with Crippen LogP contribution in [0.4, 0.5) is 5.69 Å². The van der Waals surface area contributed by atoms with Gasteiger partial charge < -0.3 is 10.2 Å². The van der Waals surface area contributed by atoms with E-state index in [2.05, 4.69) is 15.1 Å². The maximum atomic E-state index is 11.9. The van der Waals surface area contributed by atoms with Gasteiger partial charge in [-0.1, -0.05) is 11.6 Å². The van der Waals surface area contributed by atoms with Crippen molar-refractivity contribution in [3.05, 3.63) is 29.3 Å². The highest BCUT2D eigenvalue weighted by molar-refractivity contribution is 6.30. The summed E-state index contributed by atoms with van der Waals surface area (Å²) in [7, 11) is 0. The van der Waals surface area contributed by atoms with E-state index >= 15 is 0 Å². The van der Waals surface area contributed by atoms with Crippen molar-refractivity contribution in [1.29, 1.82) is 0 Å². The number of nitrogens with zero attached hydrogens (tertiary/aromatic N) is 2. The lowest BCUT2D eigenvalue weighted by molar-refractivity contribution is -0.125. The Kier molecular flexibility index (Phi) is 5.26. The van der Waals surface area contributed by atoms with Gasteiger partial charge in [-0.3, -0.25) is 9.69 Å². The zero-order chi connectivity index (χ0) is 14.5. The summed E-state index contributed by atoms with van der Waals surface area (Å²) >= 11 is 5.91. The molecule has 1 fully saturated rings. The van der Waals surface area contributed by atoms with E-state index in [-0.39, 0.29) is 11.9 Å². The lowest BCUT2D eigenvalue weighted by Gasteiger charge is -2.38. The zero-order valence-electron chi connectivity index (χ0n) is 12.1. The molecule has 0 unspecified atom stereocenters. The van der Waals surface area contributed by atoms with E-state index in [1.165, 1.54) is 5.69 Å². The van der Waals surface area contributed by atoms with Crippen LogP contribution in [0.3, 0.4) is 0 Å². The summed E-state index contributed by atoms with van der Waals surface area (Å²) in [5.74, 6) is 0.118. The highest BCUT2D eigenvalue weighted by Gasteiger charge is 2.25. The van der Waals surface area contributed by atoms with Gasteiger partial charge in [0.1, 0.15) is 0 Å². The van der Waals surface area contributed by atoms with Crippen LogP contribution in [0.25, 0.3) is 0 Å². The quantitative estimate of drug-likeness (QED) is 0.923. The first-order valence-electron chi connectivity index (χ1n) is 7.14. The Labute approximate surface area is 125 Å². The molecular weight excluding hydrogens is 274 g/mol. The predicted octanol–water partition coefficient (Wildman–Crippen LogP) is 1.99. The molecule has 0 spiro atoms. The van der Waals surface area contributed by atoms with Crippen molar-refractivity contribution in [2.75, 3.05) is 37.6 Å². The van der Waals surface area contributed by atoms with Crippen molar-refractivity contribution in [3.63, 3.8) is 0 Å². The van der Waals surface area contributed by atoms with E-state index in [4.69, 9.17) is 11.6 Å². The first-order valence-corrected chi connectivity index (χ1v) is 7.52. The summed E-state index contributed by atoms with van der Waals surface area (Å²) in [4.78, 5) is 16.4. The summed E-state index contributed by atoms with van der Waals surface area (Å²) < 4.78 is 0. The number of benzene rings is 1. The smallest absolute Gasteiger partial charge is 0.237 e. The van der Waals surface area contributed by atoms with Crippen LogP contribution in [0.15, 0.2) is 24.3 Å². The van der Waals surface area contributed by atoms with Crippen LogP contribution in [0, 0.1) is 0 Å². The average molecular weight is 296 g/mol. The molecule has 20 heavy (non-hydrogen) atoms. The van der Waals surface area contributed by atoms with E-state index in [9.17, 15) is 4.79 Å². The normalized spacial score (nSPS) is 17.9. The molecule has 1 N–H and O–H groups in total. The third-order valence-electron chi connectivity index (χ3n) is 3.78. The zero-order valence-corrected chi connectivity index (χ0v) is 12.9. The molecule has 1 atom stereocenters. The fourth-order valence-electron chi connectivity index (χ4n) is 2.51. The largest absolute Gasteiger partial charge is 0.369 e. The maximum absolute atomic E-state index is 11.9. The number of nitrogens with one attached hydrogen (secondary N) is 1. The van der Waals surface area contributed by atoms with E-state index in [1.54, 1.807) is 0 Å². The van der Waals surface area contributed by atoms with Gasteiger partial charge in [0.15, 0.2) is 0 Å². The SMILES string of the molecule is CCNC(=O)[C@@H](C)N1CCN(c2ccc(Cl)cc2)CC1. The van der Waals surface area contributed by atoms with Crippen molar-refractivity contribution in [3.8, 4) is 0 Å². The Hall–Kier alpha value is -1.26. The Bertz CT molecular complexity index is 441. The fraction of sp³-hybridized carbons (Fsp3) is 0.533. The summed E-state index contributed by atoms with van der Waals surface area (Å²) in [5, 5.41) is 3.64. The lowest BCUT2D eigenvalue weighted by atomic mass is 10.2. The van der Waals surface area contributed by atoms with E-state index in [1.807, 2.05) is 38.1 Å². The summed E-state index contributed by atoms with van der Waals surface area (Å²) in [6.45, 7) is 8.29. The Balaban J connectivity index is 1.89. The second kappa shape index (κ2) is 6.95. The molecule has 2 rings (SSSR count). The highest BCUT2D eigenvalue weighted by atomic mass is 35.5. The second-order valence-electron chi connectivity index (χ2n) is 5.07. The molecule has 1 saturated heterocycles. The molecule has 0 saturated carbocycles. The van der Waals surface area contributed by atoms with Crippen LogP contribution in [-0.4, -0.2) is 49.6 Å². The number of halogens is 1. The molecule has 0 aromatic heterocycles. The topological polar surface area (TPSA) is 35.6 Å². The molecule has 0 bridgehead atoms. The molecular formula is C15H22ClN3O. The highest BCUT2D eigenvalue weighted by Crippen LogP contribution is 2.20. The van der Waals surface area contributed by atoms with Gasteiger partial charge in [0.05, 0.1) is 6.04 Å². The first kappa shape index (κ1) is 15.1. The van der Waals surface area contributed by atoms with Gasteiger partial charge in [-0.2, -0.15) is 0 Å². The number of carbonyl (C=O) groups is 1. The van der Waals surface area contributed by atoms with Crippen LogP contribution in [0.5, 0.6) is 0 Å². The molecule has 1 aromatic rings. The van der Waals surface area contributed by atoms with Gasteiger partial charge in [-0.05, 0) is 38.1 Å². The van der Waals surface area contributed by atoms with E-state index < -0.39 is 0 Å². The predicted molar refractivity (Wildman–Crippen MR) is 83.4 cm³/mol. The third kappa shape index (κ3) is 3.64. The van der Waals surface area contributed by atoms with Crippen LogP contribution in [0.1, 0.15) is 13.8 Å². The van der Waals surface area contributed by atoms with Crippen molar-refractivity contribution >= 4 is 23.2 Å². The molecule has 1 aromatic carbocycles. The van der Waals surface area contributed by atoms with Crippen LogP contribution in [0.2, 0.25) is 5.02 Å². The molecule has 110 valence electrons. The van der Waals surface area contributed by atoms with Gasteiger partial charge in [0.25, 0.3) is 0 Å². The van der Waals surface area contributed by atoms with Crippen molar-refractivity contribution in [1.82, 2.24) is 10.2 Å². The molecule has 1 aliphatic rings. The molecule has 0 radical (unpaired) electrons. The summed E-state index contributed by atoms with van der Waals surface area (Å²) in [6, 6.07) is 7.87. The minimum absolute atomic E-state index is 0.0534. The molecule has 1 aliphatic heterocycles. The van der Waals surface area contributed by atoms with Crippen molar-refractivity contribution in [2.45, 2.75) is 19.9 Å². The number of amides is 1. The van der Waals surface area contributed by atoms with Gasteiger partial charge >= 0.3 is 0 Å². The Morgan fingerprint density at radius 2 is 1.85 bits per heavy atom. The first-order chi connectivity index (χ1) is 9.61. The maximum Gasteiger partial charge on any atom is 0.237 e. The third-order valence-corrected chi connectivity index (χ3v) is 4.04. The van der Waals surface area contributed by atoms with Gasteiger partial charge in [-0.25, -0.2) is 0 Å². The van der Waals surface area contributed by atoms with Gasteiger partial charge in [0, 0.05) is 43.4 Å². The monoisotopic (exact) mass is 295 g/mol. The van der Waals surface area contributed by atoms with Crippen LogP contribution < -0.4 is 10.2 Å². The van der Waals surface area contributed by atoms with Crippen molar-refractivity contribution in [2.24, 2.45) is 0 Å². The number of carbonyl (C=O) groups excluding carboxylic acids is 1. The van der Waals surface area contributed by atoms with Crippen molar-refractivity contribution < 1.29 is 4.79 Å². The Morgan fingerprint density at radius 3 is 2.40 bits per heavy atom. The van der Waals surface area contributed by atoms with E-state index in [0.29, 0.717) is 6.54 Å². The summed E-state index contributed by atoms with van der Waals surface area (Å²) in [5.41, 5.74) is 1.19. The standard InChI is InChI=1S/C15H22ClN3O/c1-3-17-15(20)12(2)18-8-10-19(11-9-18)14-6-4-13(16)5-7-14/h4-7,12H,3,8-11H2,1-2H3,(H,17,20)/t12-/m1/s1. The minimum atomic E-state index is -0.0534. The molecule has 5 heteroatoms. The number of piperazine rings is 1. The molecule has 1 amide bonds.